The van der Waals surface area contributed by atoms with Gasteiger partial charge in [-0.15, -0.1) is 0 Å². The summed E-state index contributed by atoms with van der Waals surface area (Å²) in [4.78, 5) is 8.86. The molecule has 0 atom stereocenters. The summed E-state index contributed by atoms with van der Waals surface area (Å²) in [7, 11) is 4.01. The van der Waals surface area contributed by atoms with Crippen LogP contribution in [-0.4, -0.2) is 28.5 Å². The van der Waals surface area contributed by atoms with Crippen molar-refractivity contribution in [3.8, 4) is 11.3 Å². The van der Waals surface area contributed by atoms with E-state index in [0.29, 0.717) is 24.8 Å². The number of imidazole rings is 1. The van der Waals surface area contributed by atoms with Crippen molar-refractivity contribution in [1.82, 2.24) is 14.5 Å². The van der Waals surface area contributed by atoms with Crippen LogP contribution in [0.2, 0.25) is 5.02 Å². The van der Waals surface area contributed by atoms with Gasteiger partial charge in [-0.2, -0.15) is 0 Å². The average molecular weight is 371 g/mol. The fraction of sp³-hybridized carbons (Fsp3) is 0.250. The molecular weight excluding hydrogens is 351 g/mol. The molecule has 0 saturated heterocycles. The molecule has 0 bridgehead atoms. The van der Waals surface area contributed by atoms with Gasteiger partial charge in [-0.05, 0) is 43.9 Å². The molecule has 0 radical (unpaired) electrons. The minimum Gasteiger partial charge on any atom is -0.348 e. The van der Waals surface area contributed by atoms with Crippen molar-refractivity contribution in [3.05, 3.63) is 70.9 Å². The maximum atomic E-state index is 14.0. The molecule has 4 rings (SSSR count). The normalized spacial score (nSPS) is 13.5. The third-order valence-electron chi connectivity index (χ3n) is 4.58. The lowest BCUT2D eigenvalue weighted by Crippen LogP contribution is -2.24. The first-order valence-electron chi connectivity index (χ1n) is 8.50. The van der Waals surface area contributed by atoms with Crippen LogP contribution in [0.1, 0.15) is 11.3 Å². The van der Waals surface area contributed by atoms with Crippen molar-refractivity contribution in [2.45, 2.75) is 19.8 Å². The molecule has 0 spiro atoms. The van der Waals surface area contributed by atoms with Gasteiger partial charge >= 0.3 is 0 Å². The fourth-order valence-electron chi connectivity index (χ4n) is 3.47. The topological polar surface area (TPSA) is 24.3 Å². The number of hydrogen-bond donors (Lipinski definition) is 0. The molecule has 0 aliphatic carbocycles. The van der Waals surface area contributed by atoms with Crippen LogP contribution >= 0.6 is 11.6 Å². The molecule has 2 aromatic carbocycles. The van der Waals surface area contributed by atoms with Gasteiger partial charge in [-0.3, -0.25) is 0 Å². The molecular formula is C20H20ClFN4. The molecule has 3 aromatic rings. The van der Waals surface area contributed by atoms with E-state index in [2.05, 4.69) is 19.4 Å². The van der Waals surface area contributed by atoms with E-state index < -0.39 is 0 Å². The Bertz CT molecular complexity index is 951. The maximum Gasteiger partial charge on any atom is 0.123 e. The second kappa shape index (κ2) is 6.74. The van der Waals surface area contributed by atoms with Crippen molar-refractivity contribution in [1.29, 1.82) is 0 Å². The highest BCUT2D eigenvalue weighted by molar-refractivity contribution is 6.33. The van der Waals surface area contributed by atoms with Crippen LogP contribution in [0.4, 0.5) is 10.1 Å². The van der Waals surface area contributed by atoms with Gasteiger partial charge in [0.25, 0.3) is 0 Å². The van der Waals surface area contributed by atoms with E-state index in [1.807, 2.05) is 50.8 Å². The molecule has 26 heavy (non-hydrogen) atoms. The second-order valence-corrected chi connectivity index (χ2v) is 7.25. The molecule has 4 nitrogen and oxygen atoms in total. The number of anilines is 1. The van der Waals surface area contributed by atoms with Crippen LogP contribution in [0.5, 0.6) is 0 Å². The lowest BCUT2D eigenvalue weighted by atomic mass is 10.0. The Morgan fingerprint density at radius 3 is 2.77 bits per heavy atom. The predicted octanol–water partition coefficient (Wildman–Crippen LogP) is 4.38. The highest BCUT2D eigenvalue weighted by Gasteiger charge is 2.24. The number of aromatic nitrogens is 2. The van der Waals surface area contributed by atoms with Crippen LogP contribution in [0.15, 0.2) is 48.8 Å². The third-order valence-corrected chi connectivity index (χ3v) is 4.90. The zero-order valence-corrected chi connectivity index (χ0v) is 15.5. The summed E-state index contributed by atoms with van der Waals surface area (Å²) in [6.45, 7) is 1.96. The second-order valence-electron chi connectivity index (χ2n) is 6.84. The highest BCUT2D eigenvalue weighted by Crippen LogP contribution is 2.35. The molecule has 0 amide bonds. The van der Waals surface area contributed by atoms with E-state index in [9.17, 15) is 4.39 Å². The lowest BCUT2D eigenvalue weighted by molar-refractivity contribution is 0.398. The summed E-state index contributed by atoms with van der Waals surface area (Å²) in [5, 5.41) is 0.702. The molecule has 1 aromatic heterocycles. The van der Waals surface area contributed by atoms with Crippen LogP contribution < -0.4 is 4.90 Å². The number of benzene rings is 2. The monoisotopic (exact) mass is 370 g/mol. The fourth-order valence-corrected chi connectivity index (χ4v) is 3.73. The van der Waals surface area contributed by atoms with E-state index in [4.69, 9.17) is 11.6 Å². The Kier molecular flexibility index (Phi) is 4.42. The Balaban J connectivity index is 1.87. The van der Waals surface area contributed by atoms with Gasteiger partial charge < -0.3 is 14.4 Å². The third kappa shape index (κ3) is 3.08. The molecule has 1 aliphatic heterocycles. The summed E-state index contributed by atoms with van der Waals surface area (Å²) in [6, 6.07) is 12.8. The summed E-state index contributed by atoms with van der Waals surface area (Å²) in [6.07, 6.45) is 1.83. The summed E-state index contributed by atoms with van der Waals surface area (Å²) < 4.78 is 16.1. The largest absolute Gasteiger partial charge is 0.348 e. The molecule has 0 N–H and O–H groups in total. The first-order valence-corrected chi connectivity index (χ1v) is 8.87. The lowest BCUT2D eigenvalue weighted by Gasteiger charge is -2.24. The van der Waals surface area contributed by atoms with Crippen molar-refractivity contribution in [2.24, 2.45) is 0 Å². The Hall–Kier alpha value is -2.37. The van der Waals surface area contributed by atoms with Gasteiger partial charge in [0.05, 0.1) is 35.1 Å². The standard InChI is InChI=1S/C20H20ClFN4/c1-24(2)11-18-20-16-9-15(22)8-7-14(16)10-25(13-26(20)12-23-18)19-6-4-3-5-17(19)21/h3-9,12H,10-11,13H2,1-2H3. The van der Waals surface area contributed by atoms with Crippen LogP contribution in [-0.2, 0) is 19.8 Å². The Morgan fingerprint density at radius 1 is 1.19 bits per heavy atom. The molecule has 6 heteroatoms. The zero-order chi connectivity index (χ0) is 18.3. The number of nitrogens with zero attached hydrogens (tertiary/aromatic N) is 4. The SMILES string of the molecule is CN(C)Cc1ncn2c1-c1cc(F)ccc1CN(c1ccccc1Cl)C2. The van der Waals surface area contributed by atoms with E-state index in [0.717, 1.165) is 28.2 Å². The van der Waals surface area contributed by atoms with E-state index in [1.54, 1.807) is 6.07 Å². The van der Waals surface area contributed by atoms with Crippen LogP contribution in [0.3, 0.4) is 0 Å². The molecule has 0 unspecified atom stereocenters. The molecule has 0 saturated carbocycles. The van der Waals surface area contributed by atoms with Gasteiger partial charge in [0.2, 0.25) is 0 Å². The van der Waals surface area contributed by atoms with Gasteiger partial charge in [0.15, 0.2) is 0 Å². The first-order chi connectivity index (χ1) is 12.5. The number of halogens is 2. The molecule has 2 heterocycles. The number of fused-ring (bicyclic) bond motifs is 3. The minimum atomic E-state index is -0.238. The van der Waals surface area contributed by atoms with Crippen molar-refractivity contribution in [3.63, 3.8) is 0 Å². The Morgan fingerprint density at radius 2 is 2.00 bits per heavy atom. The number of para-hydroxylation sites is 1. The summed E-state index contributed by atoms with van der Waals surface area (Å²) in [5.74, 6) is -0.238. The van der Waals surface area contributed by atoms with Crippen LogP contribution in [0.25, 0.3) is 11.3 Å². The Labute approximate surface area is 157 Å². The average Bonchev–Trinajstić information content (AvgIpc) is 2.89. The van der Waals surface area contributed by atoms with E-state index in [1.165, 1.54) is 6.07 Å². The quantitative estimate of drug-likeness (QED) is 0.683. The number of rotatable bonds is 3. The molecule has 0 fully saturated rings. The smallest absolute Gasteiger partial charge is 0.123 e. The van der Waals surface area contributed by atoms with Crippen LogP contribution in [0, 0.1) is 5.82 Å². The first kappa shape index (κ1) is 17.1. The summed E-state index contributed by atoms with van der Waals surface area (Å²) in [5.41, 5.74) is 4.84. The van der Waals surface area contributed by atoms with Gasteiger partial charge in [0.1, 0.15) is 5.82 Å². The van der Waals surface area contributed by atoms with Gasteiger partial charge in [-0.1, -0.05) is 29.8 Å². The maximum absolute atomic E-state index is 14.0. The highest BCUT2D eigenvalue weighted by atomic mass is 35.5. The van der Waals surface area contributed by atoms with Gasteiger partial charge in [-0.25, -0.2) is 9.37 Å². The van der Waals surface area contributed by atoms with Gasteiger partial charge in [0, 0.05) is 18.7 Å². The minimum absolute atomic E-state index is 0.238. The predicted molar refractivity (Wildman–Crippen MR) is 103 cm³/mol. The van der Waals surface area contributed by atoms with E-state index in [-0.39, 0.29) is 5.82 Å². The molecule has 134 valence electrons. The van der Waals surface area contributed by atoms with E-state index >= 15 is 0 Å². The number of hydrogen-bond acceptors (Lipinski definition) is 3. The van der Waals surface area contributed by atoms with Crippen molar-refractivity contribution in [2.75, 3.05) is 19.0 Å². The van der Waals surface area contributed by atoms with Crippen molar-refractivity contribution >= 4 is 17.3 Å². The molecule has 1 aliphatic rings. The zero-order valence-electron chi connectivity index (χ0n) is 14.8. The summed E-state index contributed by atoms with van der Waals surface area (Å²) >= 11 is 6.43. The van der Waals surface area contributed by atoms with Crippen molar-refractivity contribution < 1.29 is 4.39 Å².